The standard InChI is InChI=1S/C23H34O2S/c1-6-7-8-10-15(2)16(3)17-13-19(24)21-18-11-9-12-26-22(18)23(4,5)25-20(21)14-17/h13-16,24H,6-12H2,1-5H3/t15-,16+/m0/s1. The Morgan fingerprint density at radius 3 is 2.73 bits per heavy atom. The van der Waals surface area contributed by atoms with Crippen molar-refractivity contribution in [1.82, 2.24) is 0 Å². The molecule has 1 aromatic carbocycles. The van der Waals surface area contributed by atoms with Crippen LogP contribution in [0.25, 0.3) is 5.57 Å². The number of rotatable bonds is 6. The van der Waals surface area contributed by atoms with Gasteiger partial charge in [0.2, 0.25) is 0 Å². The van der Waals surface area contributed by atoms with Gasteiger partial charge >= 0.3 is 0 Å². The number of thioether (sulfide) groups is 1. The monoisotopic (exact) mass is 374 g/mol. The molecule has 0 amide bonds. The Hall–Kier alpha value is -1.09. The molecule has 144 valence electrons. The topological polar surface area (TPSA) is 29.5 Å². The third-order valence-corrected chi connectivity index (χ3v) is 7.57. The zero-order valence-electron chi connectivity index (χ0n) is 17.0. The van der Waals surface area contributed by atoms with Gasteiger partial charge < -0.3 is 9.84 Å². The van der Waals surface area contributed by atoms with E-state index in [4.69, 9.17) is 4.74 Å². The molecule has 3 heteroatoms. The fourth-order valence-corrected chi connectivity index (χ4v) is 5.54. The van der Waals surface area contributed by atoms with Gasteiger partial charge in [-0.2, -0.15) is 0 Å². The summed E-state index contributed by atoms with van der Waals surface area (Å²) in [5.41, 5.74) is 3.16. The van der Waals surface area contributed by atoms with Gasteiger partial charge in [-0.1, -0.05) is 46.5 Å². The number of aromatic hydroxyl groups is 1. The van der Waals surface area contributed by atoms with Crippen LogP contribution in [-0.4, -0.2) is 16.5 Å². The highest BCUT2D eigenvalue weighted by Crippen LogP contribution is 2.53. The van der Waals surface area contributed by atoms with Crippen LogP contribution in [0, 0.1) is 5.92 Å². The van der Waals surface area contributed by atoms with E-state index in [0.29, 0.717) is 17.6 Å². The van der Waals surface area contributed by atoms with Crippen LogP contribution < -0.4 is 4.74 Å². The van der Waals surface area contributed by atoms with Gasteiger partial charge in [-0.15, -0.1) is 11.8 Å². The highest BCUT2D eigenvalue weighted by molar-refractivity contribution is 8.03. The summed E-state index contributed by atoms with van der Waals surface area (Å²) in [6.45, 7) is 11.2. The van der Waals surface area contributed by atoms with Crippen LogP contribution >= 0.6 is 11.8 Å². The maximum Gasteiger partial charge on any atom is 0.134 e. The molecule has 1 N–H and O–H groups in total. The summed E-state index contributed by atoms with van der Waals surface area (Å²) in [4.78, 5) is 1.31. The second-order valence-electron chi connectivity index (χ2n) is 8.55. The number of hydrogen-bond acceptors (Lipinski definition) is 3. The summed E-state index contributed by atoms with van der Waals surface area (Å²) in [7, 11) is 0. The Kier molecular flexibility index (Phi) is 5.96. The maximum atomic E-state index is 10.9. The molecule has 2 aliphatic rings. The third-order valence-electron chi connectivity index (χ3n) is 6.05. The molecule has 0 radical (unpaired) electrons. The van der Waals surface area contributed by atoms with Crippen LogP contribution in [0.4, 0.5) is 0 Å². The zero-order chi connectivity index (χ0) is 18.9. The second-order valence-corrected chi connectivity index (χ2v) is 9.65. The van der Waals surface area contributed by atoms with Crippen molar-refractivity contribution in [3.8, 4) is 11.5 Å². The van der Waals surface area contributed by atoms with E-state index in [2.05, 4.69) is 40.7 Å². The maximum absolute atomic E-state index is 10.9. The number of fused-ring (bicyclic) bond motifs is 2. The molecular formula is C23H34O2S. The molecule has 2 nitrogen and oxygen atoms in total. The highest BCUT2D eigenvalue weighted by Gasteiger charge is 2.38. The van der Waals surface area contributed by atoms with E-state index in [-0.39, 0.29) is 5.60 Å². The number of phenolic OH excluding ortho intramolecular Hbond substituents is 1. The quantitative estimate of drug-likeness (QED) is 0.537. The molecular weight excluding hydrogens is 340 g/mol. The van der Waals surface area contributed by atoms with Gasteiger partial charge in [-0.25, -0.2) is 0 Å². The summed E-state index contributed by atoms with van der Waals surface area (Å²) in [5.74, 6) is 3.45. The van der Waals surface area contributed by atoms with Gasteiger partial charge in [0.1, 0.15) is 17.1 Å². The van der Waals surface area contributed by atoms with Gasteiger partial charge in [0, 0.05) is 4.91 Å². The fourth-order valence-electron chi connectivity index (χ4n) is 4.28. The largest absolute Gasteiger partial charge is 0.507 e. The van der Waals surface area contributed by atoms with E-state index < -0.39 is 0 Å². The van der Waals surface area contributed by atoms with Crippen LogP contribution in [0.5, 0.6) is 11.5 Å². The van der Waals surface area contributed by atoms with Gasteiger partial charge in [0.15, 0.2) is 0 Å². The molecule has 0 aliphatic carbocycles. The number of hydrogen-bond donors (Lipinski definition) is 1. The molecule has 26 heavy (non-hydrogen) atoms. The van der Waals surface area contributed by atoms with Crippen LogP contribution in [0.2, 0.25) is 0 Å². The molecule has 1 aromatic rings. The number of benzene rings is 1. The number of allylic oxidation sites excluding steroid dienone is 1. The molecule has 2 atom stereocenters. The Labute approximate surface area is 163 Å². The first-order valence-corrected chi connectivity index (χ1v) is 11.3. The van der Waals surface area contributed by atoms with Crippen LogP contribution in [-0.2, 0) is 0 Å². The lowest BCUT2D eigenvalue weighted by Crippen LogP contribution is -2.34. The Morgan fingerprint density at radius 1 is 1.23 bits per heavy atom. The number of phenols is 1. The molecule has 0 fully saturated rings. The first kappa shape index (κ1) is 19.7. The predicted molar refractivity (Wildman–Crippen MR) is 113 cm³/mol. The average Bonchev–Trinajstić information content (AvgIpc) is 2.60. The molecule has 3 rings (SSSR count). The van der Waals surface area contributed by atoms with Crippen molar-refractivity contribution in [3.63, 3.8) is 0 Å². The smallest absolute Gasteiger partial charge is 0.134 e. The Morgan fingerprint density at radius 2 is 2.00 bits per heavy atom. The van der Waals surface area contributed by atoms with Crippen molar-refractivity contribution in [2.24, 2.45) is 5.92 Å². The summed E-state index contributed by atoms with van der Waals surface area (Å²) in [6.07, 6.45) is 7.31. The average molecular weight is 375 g/mol. The lowest BCUT2D eigenvalue weighted by atomic mass is 9.83. The molecule has 0 unspecified atom stereocenters. The van der Waals surface area contributed by atoms with Crippen molar-refractivity contribution in [3.05, 3.63) is 28.2 Å². The highest BCUT2D eigenvalue weighted by atomic mass is 32.2. The summed E-state index contributed by atoms with van der Waals surface area (Å²) in [6, 6.07) is 4.19. The first-order chi connectivity index (χ1) is 12.3. The molecule has 0 bridgehead atoms. The molecule has 0 saturated carbocycles. The summed E-state index contributed by atoms with van der Waals surface area (Å²) >= 11 is 1.90. The van der Waals surface area contributed by atoms with E-state index in [1.807, 2.05) is 17.8 Å². The van der Waals surface area contributed by atoms with Crippen molar-refractivity contribution in [2.75, 3.05) is 5.75 Å². The number of ether oxygens (including phenoxy) is 1. The van der Waals surface area contributed by atoms with Gasteiger partial charge in [-0.05, 0) is 67.5 Å². The van der Waals surface area contributed by atoms with Crippen LogP contribution in [0.1, 0.15) is 90.2 Å². The van der Waals surface area contributed by atoms with Crippen molar-refractivity contribution in [1.29, 1.82) is 0 Å². The SMILES string of the molecule is CCCCC[C@H](C)[C@@H](C)c1cc(O)c2c(c1)OC(C)(C)C1=C2CCCS1. The van der Waals surface area contributed by atoms with Crippen LogP contribution in [0.3, 0.4) is 0 Å². The van der Waals surface area contributed by atoms with Crippen LogP contribution in [0.15, 0.2) is 17.0 Å². The predicted octanol–water partition coefficient (Wildman–Crippen LogP) is 7.12. The van der Waals surface area contributed by atoms with E-state index >= 15 is 0 Å². The van der Waals surface area contributed by atoms with Crippen molar-refractivity contribution < 1.29 is 9.84 Å². The minimum Gasteiger partial charge on any atom is -0.507 e. The summed E-state index contributed by atoms with van der Waals surface area (Å²) < 4.78 is 6.40. The molecule has 0 saturated heterocycles. The van der Waals surface area contributed by atoms with E-state index in [0.717, 1.165) is 23.5 Å². The lowest BCUT2D eigenvalue weighted by molar-refractivity contribution is 0.152. The lowest BCUT2D eigenvalue weighted by Gasteiger charge is -2.39. The fraction of sp³-hybridized carbons (Fsp3) is 0.652. The Bertz CT molecular complexity index is 690. The van der Waals surface area contributed by atoms with Crippen molar-refractivity contribution >= 4 is 17.3 Å². The third kappa shape index (κ3) is 3.78. The van der Waals surface area contributed by atoms with E-state index in [1.165, 1.54) is 48.1 Å². The normalized spacial score (nSPS) is 20.8. The van der Waals surface area contributed by atoms with Gasteiger partial charge in [-0.3, -0.25) is 0 Å². The van der Waals surface area contributed by atoms with Gasteiger partial charge in [0.05, 0.1) is 5.56 Å². The summed E-state index contributed by atoms with van der Waals surface area (Å²) in [5, 5.41) is 10.9. The molecule has 0 spiro atoms. The van der Waals surface area contributed by atoms with Crippen molar-refractivity contribution in [2.45, 2.75) is 84.7 Å². The first-order valence-electron chi connectivity index (χ1n) is 10.3. The van der Waals surface area contributed by atoms with Gasteiger partial charge in [0.25, 0.3) is 0 Å². The minimum absolute atomic E-state index is 0.297. The molecule has 0 aromatic heterocycles. The van der Waals surface area contributed by atoms with E-state index in [9.17, 15) is 5.11 Å². The Balaban J connectivity index is 1.92. The zero-order valence-corrected chi connectivity index (χ0v) is 17.8. The molecule has 2 heterocycles. The molecule has 2 aliphatic heterocycles. The van der Waals surface area contributed by atoms with E-state index in [1.54, 1.807) is 0 Å². The second kappa shape index (κ2) is 7.88. The minimum atomic E-state index is -0.297. The number of unbranched alkanes of at least 4 members (excludes halogenated alkanes) is 2.